The van der Waals surface area contributed by atoms with E-state index in [-0.39, 0.29) is 6.10 Å². The summed E-state index contributed by atoms with van der Waals surface area (Å²) in [5.74, 6) is 1.93. The molecule has 4 unspecified atom stereocenters. The number of rotatable bonds is 5. The quantitative estimate of drug-likeness (QED) is 0.762. The molecule has 15 heavy (non-hydrogen) atoms. The van der Waals surface area contributed by atoms with Crippen molar-refractivity contribution in [1.82, 2.24) is 0 Å². The maximum Gasteiger partial charge on any atom is 0.0571 e. The molecular weight excluding hydrogens is 188 g/mol. The van der Waals surface area contributed by atoms with Crippen LogP contribution in [0.2, 0.25) is 0 Å². The Kier molecular flexibility index (Phi) is 5.62. The smallest absolute Gasteiger partial charge is 0.0571 e. The molecule has 0 radical (unpaired) electrons. The molecule has 0 aromatic rings. The standard InChI is InChI=1S/C13H26O2/c1-4-11-5-6-13(14)12(9-11)10(2)7-8-15-3/h10-14H,4-9H2,1-3H3. The minimum Gasteiger partial charge on any atom is -0.393 e. The number of aliphatic hydroxyl groups is 1. The van der Waals surface area contributed by atoms with Crippen LogP contribution in [0.5, 0.6) is 0 Å². The van der Waals surface area contributed by atoms with E-state index >= 15 is 0 Å². The van der Waals surface area contributed by atoms with E-state index in [2.05, 4.69) is 13.8 Å². The molecule has 0 amide bonds. The zero-order chi connectivity index (χ0) is 11.3. The summed E-state index contributed by atoms with van der Waals surface area (Å²) in [5, 5.41) is 10.0. The van der Waals surface area contributed by atoms with Crippen LogP contribution in [0.3, 0.4) is 0 Å². The summed E-state index contributed by atoms with van der Waals surface area (Å²) < 4.78 is 5.11. The van der Waals surface area contributed by atoms with Crippen LogP contribution in [0.15, 0.2) is 0 Å². The van der Waals surface area contributed by atoms with Crippen LogP contribution in [0, 0.1) is 17.8 Å². The third kappa shape index (κ3) is 3.76. The fraction of sp³-hybridized carbons (Fsp3) is 1.00. The molecule has 0 aromatic carbocycles. The molecule has 1 saturated carbocycles. The predicted molar refractivity (Wildman–Crippen MR) is 62.8 cm³/mol. The first-order chi connectivity index (χ1) is 7.19. The highest BCUT2D eigenvalue weighted by atomic mass is 16.5. The average molecular weight is 214 g/mol. The van der Waals surface area contributed by atoms with Crippen molar-refractivity contribution in [2.45, 2.75) is 52.1 Å². The number of aliphatic hydroxyl groups excluding tert-OH is 1. The highest BCUT2D eigenvalue weighted by Crippen LogP contribution is 2.36. The van der Waals surface area contributed by atoms with Gasteiger partial charge in [0.05, 0.1) is 6.10 Å². The SMILES string of the molecule is CCC1CCC(O)C(C(C)CCOC)C1. The van der Waals surface area contributed by atoms with Crippen molar-refractivity contribution in [1.29, 1.82) is 0 Å². The Hall–Kier alpha value is -0.0800. The summed E-state index contributed by atoms with van der Waals surface area (Å²) in [5.41, 5.74) is 0. The van der Waals surface area contributed by atoms with Gasteiger partial charge in [0.15, 0.2) is 0 Å². The topological polar surface area (TPSA) is 29.5 Å². The molecule has 1 rings (SSSR count). The number of hydrogen-bond acceptors (Lipinski definition) is 2. The lowest BCUT2D eigenvalue weighted by Crippen LogP contribution is -2.33. The monoisotopic (exact) mass is 214 g/mol. The van der Waals surface area contributed by atoms with E-state index < -0.39 is 0 Å². The second kappa shape index (κ2) is 6.49. The summed E-state index contributed by atoms with van der Waals surface area (Å²) in [4.78, 5) is 0. The van der Waals surface area contributed by atoms with Crippen molar-refractivity contribution >= 4 is 0 Å². The van der Waals surface area contributed by atoms with Gasteiger partial charge in [-0.1, -0.05) is 20.3 Å². The molecule has 0 heterocycles. The van der Waals surface area contributed by atoms with Gasteiger partial charge in [-0.05, 0) is 43.4 Å². The molecule has 1 fully saturated rings. The molecule has 90 valence electrons. The second-order valence-corrected chi connectivity index (χ2v) is 5.08. The van der Waals surface area contributed by atoms with Crippen LogP contribution in [0.25, 0.3) is 0 Å². The van der Waals surface area contributed by atoms with Gasteiger partial charge in [-0.3, -0.25) is 0 Å². The molecule has 1 aliphatic rings. The van der Waals surface area contributed by atoms with E-state index in [9.17, 15) is 5.11 Å². The third-order valence-corrected chi connectivity index (χ3v) is 4.06. The van der Waals surface area contributed by atoms with Crippen LogP contribution < -0.4 is 0 Å². The predicted octanol–water partition coefficient (Wildman–Crippen LogP) is 2.85. The minimum absolute atomic E-state index is 0.0698. The molecule has 4 atom stereocenters. The molecule has 2 heteroatoms. The van der Waals surface area contributed by atoms with Gasteiger partial charge in [0, 0.05) is 13.7 Å². The Morgan fingerprint density at radius 1 is 1.40 bits per heavy atom. The number of hydrogen-bond donors (Lipinski definition) is 1. The maximum atomic E-state index is 10.0. The van der Waals surface area contributed by atoms with Gasteiger partial charge in [-0.25, -0.2) is 0 Å². The van der Waals surface area contributed by atoms with Crippen molar-refractivity contribution in [3.63, 3.8) is 0 Å². The van der Waals surface area contributed by atoms with Gasteiger partial charge >= 0.3 is 0 Å². The molecular formula is C13H26O2. The summed E-state index contributed by atoms with van der Waals surface area (Å²) >= 11 is 0. The zero-order valence-corrected chi connectivity index (χ0v) is 10.4. The minimum atomic E-state index is -0.0698. The summed E-state index contributed by atoms with van der Waals surface area (Å²) in [7, 11) is 1.75. The van der Waals surface area contributed by atoms with E-state index in [1.807, 2.05) is 0 Å². The normalized spacial score (nSPS) is 34.0. The first-order valence-corrected chi connectivity index (χ1v) is 6.36. The maximum absolute atomic E-state index is 10.0. The largest absolute Gasteiger partial charge is 0.393 e. The molecule has 1 N–H and O–H groups in total. The fourth-order valence-electron chi connectivity index (χ4n) is 2.78. The van der Waals surface area contributed by atoms with Crippen LogP contribution in [0.1, 0.15) is 46.0 Å². The molecule has 0 spiro atoms. The van der Waals surface area contributed by atoms with E-state index in [1.165, 1.54) is 19.3 Å². The average Bonchev–Trinajstić information content (AvgIpc) is 2.26. The molecule has 0 aliphatic heterocycles. The Bertz CT molecular complexity index is 170. The fourth-order valence-corrected chi connectivity index (χ4v) is 2.78. The lowest BCUT2D eigenvalue weighted by Gasteiger charge is -2.36. The highest BCUT2D eigenvalue weighted by molar-refractivity contribution is 4.82. The first kappa shape index (κ1) is 13.0. The summed E-state index contributed by atoms with van der Waals surface area (Å²) in [6.07, 6.45) is 5.70. The molecule has 2 nitrogen and oxygen atoms in total. The van der Waals surface area contributed by atoms with Crippen molar-refractivity contribution < 1.29 is 9.84 Å². The van der Waals surface area contributed by atoms with E-state index in [4.69, 9.17) is 4.74 Å². The summed E-state index contributed by atoms with van der Waals surface area (Å²) in [6, 6.07) is 0. The van der Waals surface area contributed by atoms with Gasteiger partial charge in [0.2, 0.25) is 0 Å². The van der Waals surface area contributed by atoms with Crippen molar-refractivity contribution in [3.05, 3.63) is 0 Å². The van der Waals surface area contributed by atoms with Gasteiger partial charge in [-0.15, -0.1) is 0 Å². The zero-order valence-electron chi connectivity index (χ0n) is 10.4. The highest BCUT2D eigenvalue weighted by Gasteiger charge is 2.31. The van der Waals surface area contributed by atoms with Crippen molar-refractivity contribution in [3.8, 4) is 0 Å². The Balaban J connectivity index is 2.42. The van der Waals surface area contributed by atoms with E-state index in [1.54, 1.807) is 7.11 Å². The van der Waals surface area contributed by atoms with E-state index in [0.29, 0.717) is 11.8 Å². The molecule has 0 saturated heterocycles. The third-order valence-electron chi connectivity index (χ3n) is 4.06. The lowest BCUT2D eigenvalue weighted by molar-refractivity contribution is 0.0123. The first-order valence-electron chi connectivity index (χ1n) is 6.36. The van der Waals surface area contributed by atoms with Gasteiger partial charge < -0.3 is 9.84 Å². The number of methoxy groups -OCH3 is 1. The Labute approximate surface area is 94.0 Å². The molecule has 0 aromatic heterocycles. The molecule has 1 aliphatic carbocycles. The van der Waals surface area contributed by atoms with Crippen LogP contribution >= 0.6 is 0 Å². The molecule has 0 bridgehead atoms. The van der Waals surface area contributed by atoms with Crippen molar-refractivity contribution in [2.75, 3.05) is 13.7 Å². The van der Waals surface area contributed by atoms with Crippen molar-refractivity contribution in [2.24, 2.45) is 17.8 Å². The van der Waals surface area contributed by atoms with Crippen LogP contribution in [-0.4, -0.2) is 24.9 Å². The van der Waals surface area contributed by atoms with E-state index in [0.717, 1.165) is 25.4 Å². The van der Waals surface area contributed by atoms with Crippen LogP contribution in [-0.2, 0) is 4.74 Å². The van der Waals surface area contributed by atoms with Gasteiger partial charge in [0.25, 0.3) is 0 Å². The van der Waals surface area contributed by atoms with Crippen LogP contribution in [0.4, 0.5) is 0 Å². The number of ether oxygens (including phenoxy) is 1. The van der Waals surface area contributed by atoms with Gasteiger partial charge in [0.1, 0.15) is 0 Å². The Morgan fingerprint density at radius 3 is 2.73 bits per heavy atom. The summed E-state index contributed by atoms with van der Waals surface area (Å²) in [6.45, 7) is 5.34. The lowest BCUT2D eigenvalue weighted by atomic mass is 9.72. The second-order valence-electron chi connectivity index (χ2n) is 5.08. The Morgan fingerprint density at radius 2 is 2.13 bits per heavy atom. The van der Waals surface area contributed by atoms with Gasteiger partial charge in [-0.2, -0.15) is 0 Å².